The summed E-state index contributed by atoms with van der Waals surface area (Å²) in [4.78, 5) is 0. The van der Waals surface area contributed by atoms with E-state index in [4.69, 9.17) is 0 Å². The summed E-state index contributed by atoms with van der Waals surface area (Å²) in [7, 11) is 0. The van der Waals surface area contributed by atoms with E-state index in [1.54, 1.807) is 13.0 Å². The predicted octanol–water partition coefficient (Wildman–Crippen LogP) is 3.45. The Hall–Kier alpha value is -1.87. The Labute approximate surface area is 112 Å². The fraction of sp³-hybridized carbons (Fsp3) is 0.250. The molecule has 0 aromatic heterocycles. The average Bonchev–Trinajstić information content (AvgIpc) is 2.43. The van der Waals surface area contributed by atoms with Gasteiger partial charge >= 0.3 is 0 Å². The summed E-state index contributed by atoms with van der Waals surface area (Å²) in [5.74, 6) is -0.257. The first-order valence-corrected chi connectivity index (χ1v) is 6.26. The van der Waals surface area contributed by atoms with Gasteiger partial charge < -0.3 is 10.4 Å². The van der Waals surface area contributed by atoms with E-state index in [2.05, 4.69) is 5.32 Å². The molecule has 0 aliphatic carbocycles. The monoisotopic (exact) mass is 259 g/mol. The van der Waals surface area contributed by atoms with Gasteiger partial charge in [0, 0.05) is 5.69 Å². The van der Waals surface area contributed by atoms with Crippen molar-refractivity contribution >= 4 is 5.69 Å². The Kier molecular flexibility index (Phi) is 3.86. The van der Waals surface area contributed by atoms with Crippen molar-refractivity contribution in [3.8, 4) is 0 Å². The summed E-state index contributed by atoms with van der Waals surface area (Å²) in [6.07, 6.45) is 0. The third-order valence-electron chi connectivity index (χ3n) is 3.32. The zero-order valence-electron chi connectivity index (χ0n) is 11.2. The average molecular weight is 259 g/mol. The van der Waals surface area contributed by atoms with Crippen LogP contribution < -0.4 is 5.32 Å². The summed E-state index contributed by atoms with van der Waals surface area (Å²) in [6, 6.07) is 14.6. The number of rotatable bonds is 4. The summed E-state index contributed by atoms with van der Waals surface area (Å²) in [6.45, 7) is 3.45. The lowest BCUT2D eigenvalue weighted by atomic mass is 9.91. The molecule has 1 unspecified atom stereocenters. The van der Waals surface area contributed by atoms with Gasteiger partial charge in [-0.25, -0.2) is 4.39 Å². The number of para-hydroxylation sites is 1. The molecule has 100 valence electrons. The zero-order chi connectivity index (χ0) is 13.9. The van der Waals surface area contributed by atoms with Crippen molar-refractivity contribution < 1.29 is 9.50 Å². The molecular weight excluding hydrogens is 241 g/mol. The first-order valence-electron chi connectivity index (χ1n) is 6.26. The minimum absolute atomic E-state index is 0.121. The molecule has 0 fully saturated rings. The standard InChI is InChI=1S/C16H18FNO/c1-12-8-9-13(10-15(12)17)16(2,11-19)18-14-6-4-3-5-7-14/h3-10,18-19H,11H2,1-2H3. The molecule has 0 saturated heterocycles. The molecular formula is C16H18FNO. The number of nitrogens with one attached hydrogen (secondary N) is 1. The minimum atomic E-state index is -0.712. The minimum Gasteiger partial charge on any atom is -0.394 e. The van der Waals surface area contributed by atoms with Crippen LogP contribution >= 0.6 is 0 Å². The van der Waals surface area contributed by atoms with Crippen molar-refractivity contribution in [1.29, 1.82) is 0 Å². The quantitative estimate of drug-likeness (QED) is 0.881. The maximum Gasteiger partial charge on any atom is 0.126 e. The predicted molar refractivity (Wildman–Crippen MR) is 75.6 cm³/mol. The van der Waals surface area contributed by atoms with Gasteiger partial charge in [0.05, 0.1) is 12.1 Å². The number of aryl methyl sites for hydroxylation is 1. The highest BCUT2D eigenvalue weighted by molar-refractivity contribution is 5.48. The van der Waals surface area contributed by atoms with E-state index in [1.165, 1.54) is 6.07 Å². The van der Waals surface area contributed by atoms with E-state index in [0.29, 0.717) is 5.56 Å². The van der Waals surface area contributed by atoms with Crippen LogP contribution in [0.2, 0.25) is 0 Å². The van der Waals surface area contributed by atoms with E-state index >= 15 is 0 Å². The van der Waals surface area contributed by atoms with E-state index in [1.807, 2.05) is 43.3 Å². The number of halogens is 1. The van der Waals surface area contributed by atoms with Gasteiger partial charge in [0.2, 0.25) is 0 Å². The number of hydrogen-bond donors (Lipinski definition) is 2. The Balaban J connectivity index is 2.33. The Morgan fingerprint density at radius 2 is 1.84 bits per heavy atom. The lowest BCUT2D eigenvalue weighted by molar-refractivity contribution is 0.223. The lowest BCUT2D eigenvalue weighted by Gasteiger charge is -2.30. The summed E-state index contributed by atoms with van der Waals surface area (Å²) in [5, 5.41) is 12.9. The summed E-state index contributed by atoms with van der Waals surface area (Å²) < 4.78 is 13.7. The normalized spacial score (nSPS) is 13.9. The largest absolute Gasteiger partial charge is 0.394 e. The molecule has 0 amide bonds. The maximum absolute atomic E-state index is 13.7. The summed E-state index contributed by atoms with van der Waals surface area (Å²) in [5.41, 5.74) is 1.50. The maximum atomic E-state index is 13.7. The van der Waals surface area contributed by atoms with Gasteiger partial charge in [-0.2, -0.15) is 0 Å². The fourth-order valence-corrected chi connectivity index (χ4v) is 1.98. The molecule has 2 nitrogen and oxygen atoms in total. The first-order chi connectivity index (χ1) is 9.05. The molecule has 2 N–H and O–H groups in total. The van der Waals surface area contributed by atoms with Crippen LogP contribution in [0.25, 0.3) is 0 Å². The highest BCUT2D eigenvalue weighted by Gasteiger charge is 2.26. The SMILES string of the molecule is Cc1ccc(C(C)(CO)Nc2ccccc2)cc1F. The lowest BCUT2D eigenvalue weighted by Crippen LogP contribution is -2.36. The van der Waals surface area contributed by atoms with Crippen LogP contribution in [0.1, 0.15) is 18.1 Å². The Morgan fingerprint density at radius 3 is 2.42 bits per heavy atom. The smallest absolute Gasteiger partial charge is 0.126 e. The molecule has 2 aromatic carbocycles. The topological polar surface area (TPSA) is 32.3 Å². The molecule has 0 aliphatic heterocycles. The van der Waals surface area contributed by atoms with Gasteiger partial charge in [-0.3, -0.25) is 0 Å². The van der Waals surface area contributed by atoms with Gasteiger partial charge in [0.1, 0.15) is 5.82 Å². The molecule has 2 aromatic rings. The second-order valence-corrected chi connectivity index (χ2v) is 4.95. The number of anilines is 1. The van der Waals surface area contributed by atoms with Crippen molar-refractivity contribution in [2.75, 3.05) is 11.9 Å². The second-order valence-electron chi connectivity index (χ2n) is 4.95. The van der Waals surface area contributed by atoms with Gasteiger partial charge in [-0.1, -0.05) is 30.3 Å². The number of aliphatic hydroxyl groups is 1. The molecule has 0 spiro atoms. The van der Waals surface area contributed by atoms with Crippen molar-refractivity contribution in [3.05, 3.63) is 65.5 Å². The van der Waals surface area contributed by atoms with Crippen LogP contribution in [0.3, 0.4) is 0 Å². The highest BCUT2D eigenvalue weighted by Crippen LogP contribution is 2.27. The Morgan fingerprint density at radius 1 is 1.16 bits per heavy atom. The van der Waals surface area contributed by atoms with Gasteiger partial charge in [0.15, 0.2) is 0 Å². The van der Waals surface area contributed by atoms with E-state index < -0.39 is 5.54 Å². The molecule has 0 saturated carbocycles. The molecule has 3 heteroatoms. The zero-order valence-corrected chi connectivity index (χ0v) is 11.2. The van der Waals surface area contributed by atoms with Gasteiger partial charge in [0.25, 0.3) is 0 Å². The molecule has 2 rings (SSSR count). The molecule has 0 bridgehead atoms. The van der Waals surface area contributed by atoms with Crippen LogP contribution in [0.15, 0.2) is 48.5 Å². The number of hydrogen-bond acceptors (Lipinski definition) is 2. The molecule has 0 radical (unpaired) electrons. The fourth-order valence-electron chi connectivity index (χ4n) is 1.98. The van der Waals surface area contributed by atoms with E-state index in [0.717, 1.165) is 11.3 Å². The van der Waals surface area contributed by atoms with E-state index in [9.17, 15) is 9.50 Å². The van der Waals surface area contributed by atoms with Crippen LogP contribution in [0, 0.1) is 12.7 Å². The van der Waals surface area contributed by atoms with Crippen molar-refractivity contribution in [3.63, 3.8) is 0 Å². The van der Waals surface area contributed by atoms with Gasteiger partial charge in [-0.05, 0) is 43.2 Å². The molecule has 19 heavy (non-hydrogen) atoms. The number of benzene rings is 2. The molecule has 0 aliphatic rings. The first kappa shape index (κ1) is 13.6. The van der Waals surface area contributed by atoms with Crippen molar-refractivity contribution in [1.82, 2.24) is 0 Å². The van der Waals surface area contributed by atoms with Crippen LogP contribution in [-0.4, -0.2) is 11.7 Å². The molecule has 1 atom stereocenters. The van der Waals surface area contributed by atoms with Crippen molar-refractivity contribution in [2.45, 2.75) is 19.4 Å². The number of aliphatic hydroxyl groups excluding tert-OH is 1. The van der Waals surface area contributed by atoms with Crippen molar-refractivity contribution in [2.24, 2.45) is 0 Å². The second kappa shape index (κ2) is 5.41. The highest BCUT2D eigenvalue weighted by atomic mass is 19.1. The van der Waals surface area contributed by atoms with Gasteiger partial charge in [-0.15, -0.1) is 0 Å². The van der Waals surface area contributed by atoms with E-state index in [-0.39, 0.29) is 12.4 Å². The van der Waals surface area contributed by atoms with Crippen LogP contribution in [-0.2, 0) is 5.54 Å². The van der Waals surface area contributed by atoms with Crippen LogP contribution in [0.4, 0.5) is 10.1 Å². The van der Waals surface area contributed by atoms with Crippen LogP contribution in [0.5, 0.6) is 0 Å². The third-order valence-corrected chi connectivity index (χ3v) is 3.32. The summed E-state index contributed by atoms with van der Waals surface area (Å²) >= 11 is 0. The third kappa shape index (κ3) is 2.93. The Bertz CT molecular complexity index is 556. The molecule has 0 heterocycles.